The number of carbonyl (C=O) groups excluding carboxylic acids is 8. The van der Waals surface area contributed by atoms with Crippen LogP contribution in [0.4, 0.5) is 0 Å². The summed E-state index contributed by atoms with van der Waals surface area (Å²) in [6.45, 7) is 15.8. The first-order valence-corrected chi connectivity index (χ1v) is 34.2. The quantitative estimate of drug-likeness (QED) is 0.0250. The standard InChI is InChI=1S/C25H42O6.C24H38O5.C23H38O6/c1-19(2)9-8-13-25(30-15-16-31-25)14-12-21-20(18-26)17-23(27)22(21)10-6-4-5-7-11-24(28)29-3;1-19(2)9-8-15-24(28-17-18-29-24)16-14-20-12-13-22(25)21(20)10-6-4-5-7-11-23(26)27-3;1-16(2)7-6-9-18(25)11-12-20-17(15-24)13-22(27)21(20)14-19(26)8-4-5-10-23(28)29-3/h4,6,19-22,26H,5,7-18H2,1-3H3;4,6,12-13,19-21H,5,7-11,14-18H2,1-3H3;16-17,20-21,24H,4-15H2,1-3H3/b2*6-4-;/t20?,21-,22?;20-,21?;17?,20-,21?/m010/s1. The smallest absolute Gasteiger partial charge is 0.305 e. The fourth-order valence-electron chi connectivity index (χ4n) is 13.4. The largest absolute Gasteiger partial charge is 0.469 e. The second-order valence-electron chi connectivity index (χ2n) is 26.9. The third-order valence-electron chi connectivity index (χ3n) is 18.7. The molecule has 0 amide bonds. The summed E-state index contributed by atoms with van der Waals surface area (Å²) < 4.78 is 38.0. The van der Waals surface area contributed by atoms with Gasteiger partial charge >= 0.3 is 17.9 Å². The van der Waals surface area contributed by atoms with Gasteiger partial charge in [0.25, 0.3) is 0 Å². The zero-order valence-electron chi connectivity index (χ0n) is 56.3. The molecule has 5 unspecified atom stereocenters. The molecule has 0 aromatic heterocycles. The van der Waals surface area contributed by atoms with E-state index in [1.54, 1.807) is 6.08 Å². The highest BCUT2D eigenvalue weighted by molar-refractivity contribution is 5.94. The molecule has 2 heterocycles. The van der Waals surface area contributed by atoms with Crippen LogP contribution in [0.25, 0.3) is 0 Å². The SMILES string of the molecule is COC(=O)CCC/C=C\CC1C(=O)C=C[C@@H]1CCC1(CCCC(C)C)OCCO1.COC(=O)CCC/C=C\CC1C(=O)CC(CO)[C@@H]1CCC1(CCCC(C)C)OCCO1.COC(=O)CCCCC(=O)CC1C(=O)CC(CO)[C@@H]1CCC(=O)CCCC(C)C. The number of Topliss-reactive ketones (excluding diaryl/α,β-unsaturated/α-hetero) is 4. The van der Waals surface area contributed by atoms with E-state index in [1.807, 2.05) is 0 Å². The van der Waals surface area contributed by atoms with Crippen molar-refractivity contribution < 1.29 is 81.7 Å². The molecule has 3 aliphatic carbocycles. The van der Waals surface area contributed by atoms with Crippen LogP contribution in [0.1, 0.15) is 234 Å². The minimum Gasteiger partial charge on any atom is -0.469 e. The molecular formula is C72H118O17. The summed E-state index contributed by atoms with van der Waals surface area (Å²) in [6, 6.07) is 0. The number of carbonyl (C=O) groups is 8. The number of ketones is 5. The van der Waals surface area contributed by atoms with E-state index in [0.717, 1.165) is 103 Å². The summed E-state index contributed by atoms with van der Waals surface area (Å²) in [5.41, 5.74) is 0. The van der Waals surface area contributed by atoms with Gasteiger partial charge in [-0.3, -0.25) is 38.4 Å². The summed E-state index contributed by atoms with van der Waals surface area (Å²) in [5.74, 6) is 0.791. The Kier molecular flexibility index (Phi) is 39.3. The van der Waals surface area contributed by atoms with E-state index >= 15 is 0 Å². The molecule has 5 aliphatic rings. The van der Waals surface area contributed by atoms with Crippen LogP contribution < -0.4 is 0 Å². The molecule has 4 fully saturated rings. The summed E-state index contributed by atoms with van der Waals surface area (Å²) in [5, 5.41) is 19.5. The molecule has 8 atom stereocenters. The van der Waals surface area contributed by atoms with Gasteiger partial charge in [-0.25, -0.2) is 0 Å². The van der Waals surface area contributed by atoms with Crippen molar-refractivity contribution in [2.45, 2.75) is 246 Å². The maximum Gasteiger partial charge on any atom is 0.305 e. The van der Waals surface area contributed by atoms with E-state index in [9.17, 15) is 48.6 Å². The molecule has 89 heavy (non-hydrogen) atoms. The van der Waals surface area contributed by atoms with Crippen molar-refractivity contribution in [3.63, 3.8) is 0 Å². The average molecular weight is 1260 g/mol. The molecule has 5 rings (SSSR count). The minimum atomic E-state index is -0.519. The summed E-state index contributed by atoms with van der Waals surface area (Å²) in [6.07, 6.45) is 33.4. The number of hydrogen-bond acceptors (Lipinski definition) is 17. The monoisotopic (exact) mass is 1250 g/mol. The zero-order valence-corrected chi connectivity index (χ0v) is 56.3. The van der Waals surface area contributed by atoms with E-state index in [1.165, 1.54) is 27.8 Å². The number of rotatable bonds is 42. The Labute approximate surface area is 534 Å². The van der Waals surface area contributed by atoms with Gasteiger partial charge in [0.1, 0.15) is 23.1 Å². The molecule has 2 saturated carbocycles. The van der Waals surface area contributed by atoms with Gasteiger partial charge in [0.05, 0.1) is 47.8 Å². The predicted octanol–water partition coefficient (Wildman–Crippen LogP) is 13.1. The van der Waals surface area contributed by atoms with E-state index < -0.39 is 11.6 Å². The van der Waals surface area contributed by atoms with Gasteiger partial charge in [-0.15, -0.1) is 0 Å². The number of aliphatic hydroxyl groups is 2. The summed E-state index contributed by atoms with van der Waals surface area (Å²) in [4.78, 5) is 95.3. The highest BCUT2D eigenvalue weighted by atomic mass is 16.7. The van der Waals surface area contributed by atoms with Crippen LogP contribution in [0, 0.1) is 65.1 Å². The zero-order chi connectivity index (χ0) is 65.6. The molecule has 2 N–H and O–H groups in total. The first-order valence-electron chi connectivity index (χ1n) is 34.2. The van der Waals surface area contributed by atoms with Crippen LogP contribution in [0.15, 0.2) is 36.5 Å². The van der Waals surface area contributed by atoms with Gasteiger partial charge in [0.15, 0.2) is 17.4 Å². The van der Waals surface area contributed by atoms with Crippen LogP contribution in [-0.4, -0.2) is 130 Å². The first kappa shape index (κ1) is 79.0. The lowest BCUT2D eigenvalue weighted by atomic mass is 9.82. The fourth-order valence-corrected chi connectivity index (χ4v) is 13.4. The molecule has 17 nitrogen and oxygen atoms in total. The second-order valence-corrected chi connectivity index (χ2v) is 26.9. The Balaban J connectivity index is 0.000000349. The molecule has 0 spiro atoms. The number of allylic oxidation sites excluding steroid dienone is 6. The second kappa shape index (κ2) is 44.3. The third kappa shape index (κ3) is 30.8. The number of aliphatic hydroxyl groups excluding tert-OH is 2. The highest BCUT2D eigenvalue weighted by Gasteiger charge is 2.45. The van der Waals surface area contributed by atoms with Crippen molar-refractivity contribution in [2.75, 3.05) is 61.0 Å². The van der Waals surface area contributed by atoms with Crippen molar-refractivity contribution >= 4 is 46.8 Å². The van der Waals surface area contributed by atoms with Gasteiger partial charge in [-0.05, 0) is 143 Å². The lowest BCUT2D eigenvalue weighted by Crippen LogP contribution is -2.32. The van der Waals surface area contributed by atoms with Crippen molar-refractivity contribution in [2.24, 2.45) is 65.1 Å². The van der Waals surface area contributed by atoms with Crippen molar-refractivity contribution in [1.82, 2.24) is 0 Å². The highest BCUT2D eigenvalue weighted by Crippen LogP contribution is 2.44. The van der Waals surface area contributed by atoms with E-state index in [2.05, 4.69) is 86.1 Å². The molecule has 17 heteroatoms. The summed E-state index contributed by atoms with van der Waals surface area (Å²) in [7, 11) is 4.15. The predicted molar refractivity (Wildman–Crippen MR) is 343 cm³/mol. The molecule has 508 valence electrons. The number of ether oxygens (including phenoxy) is 7. The molecular weight excluding hydrogens is 1140 g/mol. The van der Waals surface area contributed by atoms with E-state index in [-0.39, 0.29) is 114 Å². The van der Waals surface area contributed by atoms with E-state index in [0.29, 0.717) is 121 Å². The molecule has 0 bridgehead atoms. The van der Waals surface area contributed by atoms with Crippen LogP contribution in [0.2, 0.25) is 0 Å². The topological polar surface area (TPSA) is 242 Å². The van der Waals surface area contributed by atoms with Crippen molar-refractivity contribution in [1.29, 1.82) is 0 Å². The van der Waals surface area contributed by atoms with Gasteiger partial charge in [-0.1, -0.05) is 91.2 Å². The lowest BCUT2D eigenvalue weighted by Gasteiger charge is -2.31. The van der Waals surface area contributed by atoms with Crippen LogP contribution >= 0.6 is 0 Å². The molecule has 0 aromatic rings. The number of methoxy groups -OCH3 is 3. The van der Waals surface area contributed by atoms with Crippen LogP contribution in [0.5, 0.6) is 0 Å². The molecule has 2 saturated heterocycles. The Morgan fingerprint density at radius 1 is 0.506 bits per heavy atom. The maximum absolute atomic E-state index is 12.7. The lowest BCUT2D eigenvalue weighted by molar-refractivity contribution is -0.171. The normalized spacial score (nSPS) is 23.6. The minimum absolute atomic E-state index is 0.0139. The number of esters is 3. The van der Waals surface area contributed by atoms with Gasteiger partial charge < -0.3 is 43.4 Å². The Hall–Kier alpha value is -4.26. The number of unbranched alkanes of at least 4 members (excludes halogenated alkanes) is 3. The van der Waals surface area contributed by atoms with Gasteiger partial charge in [0, 0.05) is 114 Å². The first-order chi connectivity index (χ1) is 42.6. The van der Waals surface area contributed by atoms with Gasteiger partial charge in [0.2, 0.25) is 0 Å². The van der Waals surface area contributed by atoms with Crippen molar-refractivity contribution in [3.05, 3.63) is 36.5 Å². The Bertz CT molecular complexity index is 2180. The van der Waals surface area contributed by atoms with Crippen LogP contribution in [0.3, 0.4) is 0 Å². The Morgan fingerprint density at radius 3 is 1.42 bits per heavy atom. The van der Waals surface area contributed by atoms with Crippen LogP contribution in [-0.2, 0) is 71.5 Å². The molecule has 0 aromatic carbocycles. The van der Waals surface area contributed by atoms with Crippen molar-refractivity contribution in [3.8, 4) is 0 Å². The van der Waals surface area contributed by atoms with Gasteiger partial charge in [-0.2, -0.15) is 0 Å². The maximum atomic E-state index is 12.7. The van der Waals surface area contributed by atoms with E-state index in [4.69, 9.17) is 18.9 Å². The summed E-state index contributed by atoms with van der Waals surface area (Å²) >= 11 is 0. The molecule has 0 radical (unpaired) electrons. The third-order valence-corrected chi connectivity index (χ3v) is 18.7. The molecule has 2 aliphatic heterocycles. The Morgan fingerprint density at radius 2 is 0.933 bits per heavy atom. The fraction of sp³-hybridized carbons (Fsp3) is 0.806. The average Bonchev–Trinajstić information content (AvgIpc) is 2.32. The number of hydrogen-bond donors (Lipinski definition) is 2.